The fraction of sp³-hybridized carbons (Fsp3) is 0.889. The SMILES string of the molecule is O=C(NC1CCOC1)NC1CC(O)C1. The Kier molecular flexibility index (Phi) is 2.88. The van der Waals surface area contributed by atoms with Crippen LogP contribution in [0.1, 0.15) is 19.3 Å². The molecular formula is C9H16N2O3. The highest BCUT2D eigenvalue weighted by molar-refractivity contribution is 5.74. The molecule has 0 radical (unpaired) electrons. The first-order valence-corrected chi connectivity index (χ1v) is 5.07. The molecule has 1 unspecified atom stereocenters. The highest BCUT2D eigenvalue weighted by atomic mass is 16.5. The van der Waals surface area contributed by atoms with Crippen molar-refractivity contribution >= 4 is 6.03 Å². The molecule has 2 rings (SSSR count). The van der Waals surface area contributed by atoms with Crippen LogP contribution in [0.3, 0.4) is 0 Å². The molecule has 1 aliphatic heterocycles. The van der Waals surface area contributed by atoms with E-state index in [4.69, 9.17) is 9.84 Å². The van der Waals surface area contributed by atoms with Crippen LogP contribution < -0.4 is 10.6 Å². The monoisotopic (exact) mass is 200 g/mol. The zero-order valence-corrected chi connectivity index (χ0v) is 8.03. The van der Waals surface area contributed by atoms with Crippen LogP contribution in [0.2, 0.25) is 0 Å². The Morgan fingerprint density at radius 3 is 2.57 bits per heavy atom. The third kappa shape index (κ3) is 2.36. The first-order chi connectivity index (χ1) is 6.74. The van der Waals surface area contributed by atoms with Gasteiger partial charge in [-0.15, -0.1) is 0 Å². The van der Waals surface area contributed by atoms with Gasteiger partial charge in [-0.1, -0.05) is 0 Å². The summed E-state index contributed by atoms with van der Waals surface area (Å²) in [5.74, 6) is 0. The minimum absolute atomic E-state index is 0.141. The molecule has 3 N–H and O–H groups in total. The van der Waals surface area contributed by atoms with Crippen molar-refractivity contribution < 1.29 is 14.6 Å². The number of nitrogens with one attached hydrogen (secondary N) is 2. The smallest absolute Gasteiger partial charge is 0.315 e. The number of carbonyl (C=O) groups is 1. The van der Waals surface area contributed by atoms with Gasteiger partial charge in [-0.2, -0.15) is 0 Å². The van der Waals surface area contributed by atoms with Crippen LogP contribution in [0.15, 0.2) is 0 Å². The van der Waals surface area contributed by atoms with Crippen molar-refractivity contribution in [2.45, 2.75) is 37.5 Å². The Morgan fingerprint density at radius 1 is 1.29 bits per heavy atom. The van der Waals surface area contributed by atoms with E-state index in [2.05, 4.69) is 10.6 Å². The van der Waals surface area contributed by atoms with Gasteiger partial charge in [0.25, 0.3) is 0 Å². The molecule has 0 aromatic rings. The molecule has 1 saturated heterocycles. The Labute approximate surface area is 82.8 Å². The van der Waals surface area contributed by atoms with Gasteiger partial charge in [0.1, 0.15) is 0 Å². The van der Waals surface area contributed by atoms with Crippen molar-refractivity contribution in [1.29, 1.82) is 0 Å². The zero-order chi connectivity index (χ0) is 9.97. The maximum atomic E-state index is 11.3. The van der Waals surface area contributed by atoms with E-state index >= 15 is 0 Å². The summed E-state index contributed by atoms with van der Waals surface area (Å²) in [5.41, 5.74) is 0. The lowest BCUT2D eigenvalue weighted by Crippen LogP contribution is -2.52. The van der Waals surface area contributed by atoms with Crippen molar-refractivity contribution in [3.63, 3.8) is 0 Å². The van der Waals surface area contributed by atoms with Gasteiger partial charge in [0, 0.05) is 12.6 Å². The topological polar surface area (TPSA) is 70.6 Å². The van der Waals surface area contributed by atoms with Gasteiger partial charge in [-0.25, -0.2) is 4.79 Å². The summed E-state index contributed by atoms with van der Waals surface area (Å²) in [6.45, 7) is 1.34. The maximum Gasteiger partial charge on any atom is 0.315 e. The van der Waals surface area contributed by atoms with Crippen molar-refractivity contribution in [2.24, 2.45) is 0 Å². The predicted octanol–water partition coefficient (Wildman–Crippen LogP) is -0.402. The third-order valence-corrected chi connectivity index (χ3v) is 2.71. The third-order valence-electron chi connectivity index (χ3n) is 2.71. The van der Waals surface area contributed by atoms with E-state index < -0.39 is 0 Å². The van der Waals surface area contributed by atoms with Gasteiger partial charge in [0.2, 0.25) is 0 Å². The van der Waals surface area contributed by atoms with E-state index in [-0.39, 0.29) is 24.2 Å². The minimum atomic E-state index is -0.227. The second-order valence-electron chi connectivity index (χ2n) is 4.00. The molecule has 80 valence electrons. The molecule has 1 heterocycles. The molecule has 0 aromatic heterocycles. The lowest BCUT2D eigenvalue weighted by atomic mass is 9.90. The quantitative estimate of drug-likeness (QED) is 0.568. The van der Waals surface area contributed by atoms with Gasteiger partial charge < -0.3 is 20.5 Å². The van der Waals surface area contributed by atoms with Crippen LogP contribution in [0.5, 0.6) is 0 Å². The highest BCUT2D eigenvalue weighted by Crippen LogP contribution is 2.19. The first kappa shape index (κ1) is 9.73. The molecule has 2 aliphatic rings. The van der Waals surface area contributed by atoms with E-state index in [0.717, 1.165) is 13.0 Å². The molecule has 1 aliphatic carbocycles. The summed E-state index contributed by atoms with van der Waals surface area (Å²) in [6, 6.07) is 0.157. The molecule has 0 spiro atoms. The number of carbonyl (C=O) groups excluding carboxylic acids is 1. The molecule has 0 aromatic carbocycles. The van der Waals surface area contributed by atoms with Crippen LogP contribution in [0, 0.1) is 0 Å². The summed E-state index contributed by atoms with van der Waals surface area (Å²) < 4.78 is 5.14. The van der Waals surface area contributed by atoms with E-state index in [1.165, 1.54) is 0 Å². The summed E-state index contributed by atoms with van der Waals surface area (Å²) in [4.78, 5) is 11.3. The summed E-state index contributed by atoms with van der Waals surface area (Å²) in [5, 5.41) is 14.7. The Balaban J connectivity index is 1.63. The van der Waals surface area contributed by atoms with Gasteiger partial charge in [0.05, 0.1) is 18.8 Å². The molecule has 0 bridgehead atoms. The number of hydrogen-bond donors (Lipinski definition) is 3. The van der Waals surface area contributed by atoms with Crippen molar-refractivity contribution in [1.82, 2.24) is 10.6 Å². The molecule has 2 amide bonds. The van der Waals surface area contributed by atoms with Crippen molar-refractivity contribution in [3.8, 4) is 0 Å². The van der Waals surface area contributed by atoms with Gasteiger partial charge in [-0.05, 0) is 19.3 Å². The van der Waals surface area contributed by atoms with Crippen LogP contribution >= 0.6 is 0 Å². The van der Waals surface area contributed by atoms with Gasteiger partial charge in [0.15, 0.2) is 0 Å². The second-order valence-corrected chi connectivity index (χ2v) is 4.00. The number of rotatable bonds is 2. The summed E-state index contributed by atoms with van der Waals surface area (Å²) in [7, 11) is 0. The van der Waals surface area contributed by atoms with Gasteiger partial charge >= 0.3 is 6.03 Å². The largest absolute Gasteiger partial charge is 0.393 e. The number of aliphatic hydroxyl groups excluding tert-OH is 1. The summed E-state index contributed by atoms with van der Waals surface area (Å²) >= 11 is 0. The van der Waals surface area contributed by atoms with Crippen LogP contribution in [-0.2, 0) is 4.74 Å². The Morgan fingerprint density at radius 2 is 2.00 bits per heavy atom. The highest BCUT2D eigenvalue weighted by Gasteiger charge is 2.29. The molecule has 1 atom stereocenters. The molecule has 1 saturated carbocycles. The van der Waals surface area contributed by atoms with Crippen molar-refractivity contribution in [2.75, 3.05) is 13.2 Å². The normalized spacial score (nSPS) is 36.2. The van der Waals surface area contributed by atoms with Crippen molar-refractivity contribution in [3.05, 3.63) is 0 Å². The summed E-state index contributed by atoms with van der Waals surface area (Å²) in [6.07, 6.45) is 2.01. The van der Waals surface area contributed by atoms with Crippen LogP contribution in [0.4, 0.5) is 4.79 Å². The predicted molar refractivity (Wildman–Crippen MR) is 49.9 cm³/mol. The Hall–Kier alpha value is -0.810. The minimum Gasteiger partial charge on any atom is -0.393 e. The lowest BCUT2D eigenvalue weighted by Gasteiger charge is -2.32. The fourth-order valence-electron chi connectivity index (χ4n) is 1.77. The second kappa shape index (κ2) is 4.14. The first-order valence-electron chi connectivity index (χ1n) is 5.07. The maximum absolute atomic E-state index is 11.3. The lowest BCUT2D eigenvalue weighted by molar-refractivity contribution is 0.0661. The Bertz CT molecular complexity index is 210. The number of aliphatic hydroxyl groups is 1. The average Bonchev–Trinajstić information content (AvgIpc) is 2.54. The fourth-order valence-corrected chi connectivity index (χ4v) is 1.77. The number of amides is 2. The van der Waals surface area contributed by atoms with E-state index in [1.54, 1.807) is 0 Å². The molecule has 14 heavy (non-hydrogen) atoms. The average molecular weight is 200 g/mol. The molecule has 2 fully saturated rings. The van der Waals surface area contributed by atoms with E-state index in [9.17, 15) is 4.79 Å². The number of ether oxygens (including phenoxy) is 1. The van der Waals surface area contributed by atoms with Gasteiger partial charge in [-0.3, -0.25) is 0 Å². The molecule has 5 nitrogen and oxygen atoms in total. The number of urea groups is 1. The zero-order valence-electron chi connectivity index (χ0n) is 8.03. The van der Waals surface area contributed by atoms with E-state index in [1.807, 2.05) is 0 Å². The standard InChI is InChI=1S/C9H16N2O3/c12-8-3-7(4-8)11-9(13)10-6-1-2-14-5-6/h6-8,12H,1-5H2,(H2,10,11,13). The molecule has 5 heteroatoms. The van der Waals surface area contributed by atoms with Crippen LogP contribution in [-0.4, -0.2) is 42.5 Å². The van der Waals surface area contributed by atoms with E-state index in [0.29, 0.717) is 19.4 Å². The molecular weight excluding hydrogens is 184 g/mol. The van der Waals surface area contributed by atoms with Crippen LogP contribution in [0.25, 0.3) is 0 Å². The number of hydrogen-bond acceptors (Lipinski definition) is 3.